The summed E-state index contributed by atoms with van der Waals surface area (Å²) in [5.74, 6) is 1.62. The smallest absolute Gasteiger partial charge is 0.285 e. The Morgan fingerprint density at radius 3 is 2.15 bits per heavy atom. The number of anilines is 1. The number of carbonyl (C=O) groups excluding carboxylic acids is 1. The van der Waals surface area contributed by atoms with Crippen molar-refractivity contribution in [3.8, 4) is 45.4 Å². The number of amides is 1. The van der Waals surface area contributed by atoms with Crippen molar-refractivity contribution in [2.75, 3.05) is 33.8 Å². The summed E-state index contributed by atoms with van der Waals surface area (Å²) < 4.78 is 26.4. The first-order valence-electron chi connectivity index (χ1n) is 10.1. The molecule has 0 spiro atoms. The molecule has 0 aliphatic heterocycles. The monoisotopic (exact) mass is 509 g/mol. The van der Waals surface area contributed by atoms with Gasteiger partial charge < -0.3 is 47.5 Å². The predicted molar refractivity (Wildman–Crippen MR) is 126 cm³/mol. The Morgan fingerprint density at radius 2 is 1.62 bits per heavy atom. The number of aromatic nitrogens is 1. The summed E-state index contributed by atoms with van der Waals surface area (Å²) in [6.07, 6.45) is -0.883. The Morgan fingerprint density at radius 1 is 1.00 bits per heavy atom. The highest BCUT2D eigenvalue weighted by molar-refractivity contribution is 7.04. The Kier molecular flexibility index (Phi) is 9.51. The van der Waals surface area contributed by atoms with Gasteiger partial charge in [-0.3, -0.25) is 4.79 Å². The van der Waals surface area contributed by atoms with E-state index in [0.717, 1.165) is 22.4 Å². The lowest BCUT2D eigenvalue weighted by molar-refractivity contribution is -0.418. The average molecular weight is 510 g/mol. The fraction of sp³-hybridized carbons (Fsp3) is 0.304. The molecule has 0 radical (unpaired) electrons. The van der Waals surface area contributed by atoms with Crippen molar-refractivity contribution in [2.45, 2.75) is 19.1 Å². The molecule has 1 aromatic heterocycles. The van der Waals surface area contributed by atoms with Gasteiger partial charge in [0.15, 0.2) is 17.5 Å². The standard InChI is InChI=1S/C23H27N3O6S.ClH/c1-12(27)20(24)23(28)25-16-8-13(6-7-17(16)29-2)15-11-33-26-21(15)14-9-18(30-3)22(32-5)19(10-14)31-4;/h6-12,20,27H,24H2,1-5H3,(H,25,28);1H/t12?,20-;/m0./s1. The third-order valence-corrected chi connectivity index (χ3v) is 5.82. The first-order chi connectivity index (χ1) is 15.8. The van der Waals surface area contributed by atoms with Crippen molar-refractivity contribution >= 4 is 23.1 Å². The van der Waals surface area contributed by atoms with E-state index in [9.17, 15) is 9.90 Å². The lowest BCUT2D eigenvalue weighted by Gasteiger charge is -2.16. The second-order valence-corrected chi connectivity index (χ2v) is 7.87. The van der Waals surface area contributed by atoms with E-state index in [0.29, 0.717) is 28.7 Å². The lowest BCUT2D eigenvalue weighted by Crippen LogP contribution is -3.00. The number of quaternary nitrogens is 1. The van der Waals surface area contributed by atoms with E-state index in [1.807, 2.05) is 23.6 Å². The van der Waals surface area contributed by atoms with Crippen molar-refractivity contribution in [3.05, 3.63) is 35.7 Å². The first kappa shape index (κ1) is 27.2. The summed E-state index contributed by atoms with van der Waals surface area (Å²) >= 11 is 1.31. The van der Waals surface area contributed by atoms with E-state index in [-0.39, 0.29) is 12.4 Å². The molecule has 2 aromatic carbocycles. The van der Waals surface area contributed by atoms with Gasteiger partial charge in [-0.05, 0) is 48.3 Å². The number of rotatable bonds is 9. The molecule has 1 heterocycles. The molecule has 2 atom stereocenters. The van der Waals surface area contributed by atoms with Crippen LogP contribution in [0.4, 0.5) is 5.69 Å². The molecular formula is C23H28ClN3O6S. The minimum Gasteiger partial charge on any atom is -1.00 e. The molecule has 34 heavy (non-hydrogen) atoms. The minimum absolute atomic E-state index is 0. The molecule has 9 nitrogen and oxygen atoms in total. The number of carbonyl (C=O) groups is 1. The second kappa shape index (κ2) is 11.9. The first-order valence-corrected chi connectivity index (χ1v) is 10.9. The quantitative estimate of drug-likeness (QED) is 0.353. The number of hydrogen-bond acceptors (Lipinski definition) is 8. The van der Waals surface area contributed by atoms with Crippen LogP contribution in [0.15, 0.2) is 35.7 Å². The maximum Gasteiger partial charge on any atom is 0.285 e. The molecule has 0 aliphatic carbocycles. The number of nitrogens with zero attached hydrogens (tertiary/aromatic N) is 1. The van der Waals surface area contributed by atoms with Crippen LogP contribution in [0.5, 0.6) is 23.0 Å². The van der Waals surface area contributed by atoms with Gasteiger partial charge in [-0.2, -0.15) is 4.37 Å². The molecule has 0 aliphatic rings. The molecule has 5 N–H and O–H groups in total. The Balaban J connectivity index is 0.00000408. The Bertz CT molecular complexity index is 1110. The molecule has 0 saturated heterocycles. The normalized spacial score (nSPS) is 12.2. The van der Waals surface area contributed by atoms with Crippen LogP contribution in [0, 0.1) is 0 Å². The molecule has 0 saturated carbocycles. The van der Waals surface area contributed by atoms with Crippen molar-refractivity contribution in [3.63, 3.8) is 0 Å². The number of benzene rings is 2. The van der Waals surface area contributed by atoms with E-state index < -0.39 is 18.1 Å². The fourth-order valence-corrected chi connectivity index (χ4v) is 4.00. The van der Waals surface area contributed by atoms with Crippen molar-refractivity contribution in [2.24, 2.45) is 0 Å². The van der Waals surface area contributed by atoms with E-state index in [4.69, 9.17) is 18.9 Å². The van der Waals surface area contributed by atoms with Gasteiger partial charge in [0, 0.05) is 16.5 Å². The van der Waals surface area contributed by atoms with Gasteiger partial charge in [-0.1, -0.05) is 6.07 Å². The molecule has 3 aromatic rings. The molecule has 3 rings (SSSR count). The van der Waals surface area contributed by atoms with Crippen molar-refractivity contribution < 1.29 is 47.0 Å². The molecule has 1 unspecified atom stereocenters. The molecule has 1 amide bonds. The molecule has 0 bridgehead atoms. The van der Waals surface area contributed by atoms with Crippen LogP contribution in [0.2, 0.25) is 0 Å². The van der Waals surface area contributed by atoms with Crippen LogP contribution in [0.25, 0.3) is 22.4 Å². The van der Waals surface area contributed by atoms with Crippen LogP contribution in [-0.2, 0) is 4.79 Å². The van der Waals surface area contributed by atoms with Gasteiger partial charge in [0.1, 0.15) is 11.9 Å². The highest BCUT2D eigenvalue weighted by Gasteiger charge is 2.24. The maximum atomic E-state index is 12.5. The topological polar surface area (TPSA) is 127 Å². The van der Waals surface area contributed by atoms with Crippen molar-refractivity contribution in [1.29, 1.82) is 0 Å². The van der Waals surface area contributed by atoms with E-state index in [2.05, 4.69) is 15.4 Å². The molecule has 0 fully saturated rings. The summed E-state index contributed by atoms with van der Waals surface area (Å²) in [5.41, 5.74) is 7.37. The Hall–Kier alpha value is -3.05. The Labute approximate surface area is 208 Å². The number of ether oxygens (including phenoxy) is 4. The number of halogens is 1. The van der Waals surface area contributed by atoms with Gasteiger partial charge in [0.05, 0.1) is 39.8 Å². The lowest BCUT2D eigenvalue weighted by atomic mass is 10.0. The van der Waals surface area contributed by atoms with Crippen LogP contribution >= 0.6 is 11.5 Å². The average Bonchev–Trinajstić information content (AvgIpc) is 3.32. The predicted octanol–water partition coefficient (Wildman–Crippen LogP) is -0.555. The number of nitrogens with one attached hydrogen (secondary N) is 1. The third-order valence-electron chi connectivity index (χ3n) is 5.20. The SMILES string of the molecule is COc1ccc(-c2csnc2-c2cc(OC)c(OC)c(OC)c2)cc1NC(=O)[C@@H]([NH3+])C(C)O.[Cl-]. The largest absolute Gasteiger partial charge is 1.00 e. The highest BCUT2D eigenvalue weighted by Crippen LogP contribution is 2.44. The van der Waals surface area contributed by atoms with Gasteiger partial charge in [0.2, 0.25) is 5.75 Å². The van der Waals surface area contributed by atoms with Crippen LogP contribution in [0.3, 0.4) is 0 Å². The van der Waals surface area contributed by atoms with Crippen LogP contribution in [0.1, 0.15) is 6.92 Å². The summed E-state index contributed by atoms with van der Waals surface area (Å²) in [6.45, 7) is 1.52. The fourth-order valence-electron chi connectivity index (χ4n) is 3.29. The van der Waals surface area contributed by atoms with Gasteiger partial charge in [0.25, 0.3) is 5.91 Å². The summed E-state index contributed by atoms with van der Waals surface area (Å²) in [5, 5.41) is 14.4. The van der Waals surface area contributed by atoms with Gasteiger partial charge in [-0.15, -0.1) is 0 Å². The molecule has 11 heteroatoms. The van der Waals surface area contributed by atoms with Gasteiger partial charge in [-0.25, -0.2) is 0 Å². The zero-order valence-electron chi connectivity index (χ0n) is 19.5. The van der Waals surface area contributed by atoms with E-state index in [1.54, 1.807) is 33.5 Å². The van der Waals surface area contributed by atoms with Crippen LogP contribution < -0.4 is 42.4 Å². The zero-order valence-corrected chi connectivity index (χ0v) is 21.1. The number of methoxy groups -OCH3 is 4. The zero-order chi connectivity index (χ0) is 24.1. The number of aliphatic hydroxyl groups excluding tert-OH is 1. The van der Waals surface area contributed by atoms with Crippen molar-refractivity contribution in [1.82, 2.24) is 4.37 Å². The second-order valence-electron chi connectivity index (χ2n) is 7.24. The number of hydrogen-bond donors (Lipinski definition) is 3. The van der Waals surface area contributed by atoms with E-state index >= 15 is 0 Å². The molecule has 184 valence electrons. The van der Waals surface area contributed by atoms with E-state index in [1.165, 1.54) is 25.6 Å². The number of aliphatic hydroxyl groups is 1. The summed E-state index contributed by atoms with van der Waals surface area (Å²) in [4.78, 5) is 12.5. The maximum absolute atomic E-state index is 12.5. The van der Waals surface area contributed by atoms with Gasteiger partial charge >= 0.3 is 0 Å². The summed E-state index contributed by atoms with van der Waals surface area (Å²) in [6, 6.07) is 8.30. The third kappa shape index (κ3) is 5.53. The summed E-state index contributed by atoms with van der Waals surface area (Å²) in [7, 11) is 6.19. The van der Waals surface area contributed by atoms with Crippen LogP contribution in [-0.4, -0.2) is 56.0 Å². The minimum atomic E-state index is -0.883. The highest BCUT2D eigenvalue weighted by atomic mass is 35.5. The molecular weight excluding hydrogens is 482 g/mol.